The van der Waals surface area contributed by atoms with Gasteiger partial charge < -0.3 is 8.74 Å². The number of non-ortho nitro benzene ring substituents is 2. The average Bonchev–Trinajstić information content (AvgIpc) is 2.90. The average molecular weight is 506 g/mol. The molecule has 29 heavy (non-hydrogen) atoms. The summed E-state index contributed by atoms with van der Waals surface area (Å²) in [6, 6.07) is 5.21. The van der Waals surface area contributed by atoms with Crippen molar-refractivity contribution >= 4 is 57.8 Å². The largest absolute Gasteiger partial charge is 0.744 e. The van der Waals surface area contributed by atoms with Crippen LogP contribution in [0.5, 0.6) is 0 Å². The van der Waals surface area contributed by atoms with E-state index in [4.69, 9.17) is 4.18 Å². The van der Waals surface area contributed by atoms with Crippen LogP contribution in [-0.4, -0.2) is 31.2 Å². The minimum absolute atomic E-state index is 0.130. The van der Waals surface area contributed by atoms with Crippen LogP contribution in [0, 0.1) is 20.2 Å². The second kappa shape index (κ2) is 6.87. The molecule has 3 rings (SSSR count). The number of fused-ring (bicyclic) bond motifs is 1. The van der Waals surface area contributed by atoms with Crippen molar-refractivity contribution in [2.24, 2.45) is 0 Å². The van der Waals surface area contributed by atoms with Crippen molar-refractivity contribution < 1.29 is 35.4 Å². The van der Waals surface area contributed by atoms with E-state index in [1.807, 2.05) is 0 Å². The van der Waals surface area contributed by atoms with Crippen molar-refractivity contribution in [2.75, 3.05) is 0 Å². The van der Waals surface area contributed by atoms with Crippen molar-refractivity contribution in [3.05, 3.63) is 67.8 Å². The molecule has 0 saturated heterocycles. The Morgan fingerprint density at radius 2 is 1.55 bits per heavy atom. The quantitative estimate of drug-likeness (QED) is 0.258. The molecule has 0 atom stereocenters. The van der Waals surface area contributed by atoms with Crippen LogP contribution < -0.4 is 0 Å². The van der Waals surface area contributed by atoms with Gasteiger partial charge in [-0.1, -0.05) is 0 Å². The zero-order valence-corrected chi connectivity index (χ0v) is 16.9. The van der Waals surface area contributed by atoms with Crippen LogP contribution in [0.3, 0.4) is 0 Å². The van der Waals surface area contributed by atoms with E-state index in [1.54, 1.807) is 0 Å². The summed E-state index contributed by atoms with van der Waals surface area (Å²) >= 11 is 2.97. The molecule has 0 bridgehead atoms. The first kappa shape index (κ1) is 20.8. The standard InChI is InChI=1S/C14H7BrN2O10S2/c15-13(9-3-1-7(16(18)19)5-11(9)28(22,23)24)14-10-4-2-8(17(20)21)6-12(10)29(25,26)27-14/h1-6H,(H,22,23,24)/p-1/b14-13-. The van der Waals surface area contributed by atoms with E-state index in [-0.39, 0.29) is 15.6 Å². The lowest BCUT2D eigenvalue weighted by atomic mass is 10.1. The molecular formula is C14H6BrN2O10S2-. The lowest BCUT2D eigenvalue weighted by Gasteiger charge is -2.13. The van der Waals surface area contributed by atoms with Crippen LogP contribution in [0.1, 0.15) is 11.1 Å². The molecule has 0 aliphatic carbocycles. The molecule has 0 unspecified atom stereocenters. The van der Waals surface area contributed by atoms with Gasteiger partial charge in [0.25, 0.3) is 11.4 Å². The Morgan fingerprint density at radius 1 is 1.00 bits per heavy atom. The zero-order valence-electron chi connectivity index (χ0n) is 13.6. The zero-order chi connectivity index (χ0) is 21.7. The lowest BCUT2D eigenvalue weighted by Crippen LogP contribution is -2.04. The predicted molar refractivity (Wildman–Crippen MR) is 98.2 cm³/mol. The Labute approximate surface area is 170 Å². The van der Waals surface area contributed by atoms with Gasteiger partial charge in [0.15, 0.2) is 5.76 Å². The summed E-state index contributed by atoms with van der Waals surface area (Å²) in [7, 11) is -9.66. The maximum Gasteiger partial charge on any atom is 0.340 e. The van der Waals surface area contributed by atoms with Gasteiger partial charge in [-0.05, 0) is 28.1 Å². The summed E-state index contributed by atoms with van der Waals surface area (Å²) in [4.78, 5) is 18.5. The number of hydrogen-bond donors (Lipinski definition) is 0. The van der Waals surface area contributed by atoms with E-state index in [0.29, 0.717) is 6.07 Å². The van der Waals surface area contributed by atoms with Gasteiger partial charge in [0.05, 0.1) is 19.2 Å². The molecular weight excluding hydrogens is 500 g/mol. The van der Waals surface area contributed by atoms with Gasteiger partial charge in [-0.3, -0.25) is 20.2 Å². The second-order valence-corrected chi connectivity index (χ2v) is 9.17. The molecule has 0 saturated carbocycles. The Balaban J connectivity index is 2.31. The first-order chi connectivity index (χ1) is 13.3. The highest BCUT2D eigenvalue weighted by Gasteiger charge is 2.36. The molecule has 152 valence electrons. The van der Waals surface area contributed by atoms with Gasteiger partial charge >= 0.3 is 10.1 Å². The van der Waals surface area contributed by atoms with Crippen molar-refractivity contribution in [2.45, 2.75) is 9.79 Å². The van der Waals surface area contributed by atoms with Crippen molar-refractivity contribution in [3.8, 4) is 0 Å². The van der Waals surface area contributed by atoms with Crippen molar-refractivity contribution in [1.29, 1.82) is 0 Å². The molecule has 1 heterocycles. The fraction of sp³-hybridized carbons (Fsp3) is 0. The SMILES string of the molecule is O=[N+]([O-])c1ccc(/C(Br)=C2/OS(=O)(=O)c3cc([N+](=O)[O-])ccc32)c(S(=O)(=O)[O-])c1. The number of nitro benzene ring substituents is 2. The Bertz CT molecular complexity index is 1330. The van der Waals surface area contributed by atoms with E-state index < -0.39 is 57.0 Å². The Kier molecular flexibility index (Phi) is 4.94. The third-order valence-electron chi connectivity index (χ3n) is 3.76. The fourth-order valence-corrected chi connectivity index (χ4v) is 5.27. The molecule has 2 aromatic carbocycles. The summed E-state index contributed by atoms with van der Waals surface area (Å²) in [6.45, 7) is 0. The van der Waals surface area contributed by atoms with Gasteiger partial charge in [-0.15, -0.1) is 0 Å². The Hall–Kier alpha value is -2.88. The van der Waals surface area contributed by atoms with Crippen molar-refractivity contribution in [1.82, 2.24) is 0 Å². The molecule has 0 aromatic heterocycles. The van der Waals surface area contributed by atoms with Gasteiger partial charge in [-0.25, -0.2) is 8.42 Å². The van der Waals surface area contributed by atoms with E-state index in [0.717, 1.165) is 30.3 Å². The number of nitrogens with zero attached hydrogens (tertiary/aromatic N) is 2. The highest BCUT2D eigenvalue weighted by atomic mass is 79.9. The number of benzene rings is 2. The molecule has 0 amide bonds. The Morgan fingerprint density at radius 3 is 2.10 bits per heavy atom. The van der Waals surface area contributed by atoms with Crippen LogP contribution in [-0.2, 0) is 24.4 Å². The second-order valence-electron chi connectivity index (χ2n) is 5.51. The van der Waals surface area contributed by atoms with E-state index >= 15 is 0 Å². The van der Waals surface area contributed by atoms with Crippen LogP contribution in [0.4, 0.5) is 11.4 Å². The van der Waals surface area contributed by atoms with E-state index in [2.05, 4.69) is 15.9 Å². The van der Waals surface area contributed by atoms with E-state index in [1.165, 1.54) is 0 Å². The van der Waals surface area contributed by atoms with Gasteiger partial charge in [0.2, 0.25) is 0 Å². The first-order valence-electron chi connectivity index (χ1n) is 7.20. The fourth-order valence-electron chi connectivity index (χ4n) is 2.51. The summed E-state index contributed by atoms with van der Waals surface area (Å²) in [6.07, 6.45) is 0. The normalized spacial score (nSPS) is 16.6. The molecule has 1 aliphatic heterocycles. The maximum atomic E-state index is 12.2. The molecule has 12 nitrogen and oxygen atoms in total. The molecule has 1 aliphatic rings. The van der Waals surface area contributed by atoms with Crippen LogP contribution >= 0.6 is 15.9 Å². The van der Waals surface area contributed by atoms with Gasteiger partial charge in [0, 0.05) is 35.4 Å². The summed E-state index contributed by atoms with van der Waals surface area (Å²) in [5.41, 5.74) is -1.71. The number of hydrogen-bond acceptors (Lipinski definition) is 10. The highest BCUT2D eigenvalue weighted by molar-refractivity contribution is 9.15. The number of halogens is 1. The minimum Gasteiger partial charge on any atom is -0.744 e. The van der Waals surface area contributed by atoms with E-state index in [9.17, 15) is 41.6 Å². The molecule has 0 N–H and O–H groups in total. The number of nitro groups is 2. The molecule has 2 aromatic rings. The van der Waals surface area contributed by atoms with Crippen molar-refractivity contribution in [3.63, 3.8) is 0 Å². The van der Waals surface area contributed by atoms with Crippen LogP contribution in [0.2, 0.25) is 0 Å². The predicted octanol–water partition coefficient (Wildman–Crippen LogP) is 2.35. The highest BCUT2D eigenvalue weighted by Crippen LogP contribution is 2.45. The monoisotopic (exact) mass is 505 g/mol. The van der Waals surface area contributed by atoms with Crippen LogP contribution in [0.25, 0.3) is 10.2 Å². The lowest BCUT2D eigenvalue weighted by molar-refractivity contribution is -0.385. The molecule has 0 radical (unpaired) electrons. The van der Waals surface area contributed by atoms with Gasteiger partial charge in [-0.2, -0.15) is 8.42 Å². The third kappa shape index (κ3) is 3.71. The summed E-state index contributed by atoms with van der Waals surface area (Å²) < 4.78 is 63.8. The maximum absolute atomic E-state index is 12.2. The first-order valence-corrected chi connectivity index (χ1v) is 10.8. The third-order valence-corrected chi connectivity index (χ3v) is 6.69. The molecule has 0 spiro atoms. The topological polar surface area (TPSA) is 187 Å². The minimum atomic E-state index is -5.20. The van der Waals surface area contributed by atoms with Crippen LogP contribution in [0.15, 0.2) is 46.2 Å². The summed E-state index contributed by atoms with van der Waals surface area (Å²) in [5.74, 6) is -0.436. The summed E-state index contributed by atoms with van der Waals surface area (Å²) in [5, 5.41) is 21.8. The molecule has 0 fully saturated rings. The number of rotatable bonds is 4. The smallest absolute Gasteiger partial charge is 0.340 e. The molecule has 15 heteroatoms. The van der Waals surface area contributed by atoms with Gasteiger partial charge in [0.1, 0.15) is 15.0 Å².